The van der Waals surface area contributed by atoms with E-state index < -0.39 is 0 Å². The lowest BCUT2D eigenvalue weighted by molar-refractivity contribution is -0.113. The van der Waals surface area contributed by atoms with Gasteiger partial charge < -0.3 is 4.57 Å². The quantitative estimate of drug-likeness (QED) is 0.482. The summed E-state index contributed by atoms with van der Waals surface area (Å²) in [6.07, 6.45) is 6.13. The number of benzene rings is 1. The number of aromatic nitrogens is 5. The molecule has 4 rings (SSSR count). The van der Waals surface area contributed by atoms with Crippen LogP contribution in [0.1, 0.15) is 50.0 Å². The van der Waals surface area contributed by atoms with Crippen LogP contribution in [-0.4, -0.2) is 36.6 Å². The number of thioether (sulfide) groups is 1. The molecule has 0 bridgehead atoms. The second-order valence-electron chi connectivity index (χ2n) is 7.15. The van der Waals surface area contributed by atoms with Crippen LogP contribution in [0.5, 0.6) is 0 Å². The Balaban J connectivity index is 1.37. The molecule has 3 aromatic rings. The lowest BCUT2D eigenvalue weighted by Crippen LogP contribution is -2.14. The van der Waals surface area contributed by atoms with Gasteiger partial charge in [-0.05, 0) is 31.9 Å². The Morgan fingerprint density at radius 2 is 2.00 bits per heavy atom. The predicted octanol–water partition coefficient (Wildman–Crippen LogP) is 5.25. The molecule has 0 atom stereocenters. The molecule has 1 N–H and O–H groups in total. The average Bonchev–Trinajstić information content (AvgIpc) is 3.40. The van der Waals surface area contributed by atoms with Gasteiger partial charge in [0, 0.05) is 18.0 Å². The monoisotopic (exact) mass is 462 g/mol. The van der Waals surface area contributed by atoms with Gasteiger partial charge in [0.1, 0.15) is 5.01 Å². The van der Waals surface area contributed by atoms with Crippen LogP contribution >= 0.6 is 34.7 Å². The van der Waals surface area contributed by atoms with E-state index >= 15 is 0 Å². The van der Waals surface area contributed by atoms with Crippen LogP contribution in [0.2, 0.25) is 5.02 Å². The first kappa shape index (κ1) is 21.3. The number of amides is 1. The van der Waals surface area contributed by atoms with Crippen LogP contribution in [0.15, 0.2) is 29.4 Å². The summed E-state index contributed by atoms with van der Waals surface area (Å²) in [6.45, 7) is 2.69. The van der Waals surface area contributed by atoms with Crippen molar-refractivity contribution in [1.82, 2.24) is 25.0 Å². The van der Waals surface area contributed by atoms with E-state index in [1.807, 2.05) is 35.8 Å². The lowest BCUT2D eigenvalue weighted by Gasteiger charge is -2.18. The maximum absolute atomic E-state index is 12.4. The van der Waals surface area contributed by atoms with Crippen molar-refractivity contribution >= 4 is 45.7 Å². The highest BCUT2D eigenvalue weighted by atomic mass is 35.5. The molecule has 7 nitrogen and oxygen atoms in total. The Kier molecular flexibility index (Phi) is 7.01. The van der Waals surface area contributed by atoms with Crippen LogP contribution in [0.4, 0.5) is 5.13 Å². The summed E-state index contributed by atoms with van der Waals surface area (Å²) in [5, 5.41) is 22.8. The van der Waals surface area contributed by atoms with Crippen LogP contribution < -0.4 is 5.32 Å². The summed E-state index contributed by atoms with van der Waals surface area (Å²) < 4.78 is 1.96. The maximum Gasteiger partial charge on any atom is 0.236 e. The number of nitrogens with zero attached hydrogens (tertiary/aromatic N) is 5. The third-order valence-electron chi connectivity index (χ3n) is 5.12. The zero-order valence-corrected chi connectivity index (χ0v) is 19.1. The molecule has 1 aliphatic rings. The largest absolute Gasteiger partial charge is 0.302 e. The highest BCUT2D eigenvalue weighted by Crippen LogP contribution is 2.35. The molecule has 0 saturated heterocycles. The number of rotatable bonds is 7. The summed E-state index contributed by atoms with van der Waals surface area (Å²) in [5.74, 6) is 1.28. The van der Waals surface area contributed by atoms with Crippen LogP contribution in [0, 0.1) is 0 Å². The highest BCUT2D eigenvalue weighted by molar-refractivity contribution is 7.99. The third kappa shape index (κ3) is 4.84. The smallest absolute Gasteiger partial charge is 0.236 e. The second kappa shape index (κ2) is 9.89. The molecule has 158 valence electrons. The second-order valence-corrected chi connectivity index (χ2v) is 9.51. The molecule has 0 spiro atoms. The van der Waals surface area contributed by atoms with Crippen LogP contribution in [0.25, 0.3) is 11.4 Å². The molecular formula is C20H23ClN6OS2. The summed E-state index contributed by atoms with van der Waals surface area (Å²) in [5.41, 5.74) is 0.828. The molecule has 2 aromatic heterocycles. The molecule has 1 aromatic carbocycles. The number of nitrogens with one attached hydrogen (secondary N) is 1. The van der Waals surface area contributed by atoms with Crippen molar-refractivity contribution in [2.24, 2.45) is 0 Å². The SMILES string of the molecule is CCn1c(SCC(=O)Nc2nnc(C3CCCCC3)s2)nnc1-c1ccccc1Cl. The number of hydrogen-bond donors (Lipinski definition) is 1. The van der Waals surface area contributed by atoms with Gasteiger partial charge in [-0.15, -0.1) is 20.4 Å². The standard InChI is InChI=1S/C20H23ClN6OS2/c1-2-27-17(14-10-6-7-11-15(14)21)23-26-20(27)29-12-16(28)22-19-25-24-18(30-19)13-8-4-3-5-9-13/h6-7,10-11,13H,2-5,8-9,12H2,1H3,(H,22,25,28). The van der Waals surface area contributed by atoms with E-state index in [1.165, 1.54) is 55.2 Å². The van der Waals surface area contributed by atoms with Gasteiger partial charge >= 0.3 is 0 Å². The predicted molar refractivity (Wildman–Crippen MR) is 121 cm³/mol. The van der Waals surface area contributed by atoms with Crippen molar-refractivity contribution in [3.8, 4) is 11.4 Å². The van der Waals surface area contributed by atoms with Crippen molar-refractivity contribution in [3.63, 3.8) is 0 Å². The van der Waals surface area contributed by atoms with Crippen molar-refractivity contribution in [3.05, 3.63) is 34.3 Å². The molecule has 1 fully saturated rings. The lowest BCUT2D eigenvalue weighted by atomic mass is 9.90. The maximum atomic E-state index is 12.4. The van der Waals surface area contributed by atoms with Gasteiger partial charge in [-0.2, -0.15) is 0 Å². The van der Waals surface area contributed by atoms with Crippen molar-refractivity contribution in [2.45, 2.75) is 56.6 Å². The summed E-state index contributed by atoms with van der Waals surface area (Å²) >= 11 is 9.14. The first-order valence-corrected chi connectivity index (χ1v) is 12.3. The molecule has 10 heteroatoms. The van der Waals surface area contributed by atoms with Crippen molar-refractivity contribution < 1.29 is 4.79 Å². The van der Waals surface area contributed by atoms with Crippen molar-refractivity contribution in [2.75, 3.05) is 11.1 Å². The molecule has 2 heterocycles. The van der Waals surface area contributed by atoms with Gasteiger partial charge in [-0.1, -0.05) is 66.1 Å². The Labute approximate surface area is 188 Å². The normalized spacial score (nSPS) is 14.7. The minimum Gasteiger partial charge on any atom is -0.302 e. The fourth-order valence-corrected chi connectivity index (χ4v) is 5.56. The molecule has 0 radical (unpaired) electrons. The van der Waals surface area contributed by atoms with Gasteiger partial charge in [0.25, 0.3) is 0 Å². The summed E-state index contributed by atoms with van der Waals surface area (Å²) in [7, 11) is 0. The Morgan fingerprint density at radius 3 is 2.77 bits per heavy atom. The van der Waals surface area contributed by atoms with Gasteiger partial charge in [-0.3, -0.25) is 10.1 Å². The Bertz CT molecular complexity index is 1010. The van der Waals surface area contributed by atoms with Crippen LogP contribution in [-0.2, 0) is 11.3 Å². The van der Waals surface area contributed by atoms with E-state index in [-0.39, 0.29) is 11.7 Å². The van der Waals surface area contributed by atoms with E-state index in [1.54, 1.807) is 0 Å². The number of carbonyl (C=O) groups is 1. The first-order chi connectivity index (χ1) is 14.7. The molecular weight excluding hydrogens is 440 g/mol. The zero-order valence-electron chi connectivity index (χ0n) is 16.7. The molecule has 1 aliphatic carbocycles. The van der Waals surface area contributed by atoms with Gasteiger partial charge in [0.15, 0.2) is 11.0 Å². The van der Waals surface area contributed by atoms with Gasteiger partial charge in [-0.25, -0.2) is 0 Å². The number of anilines is 1. The molecule has 0 unspecified atom stereocenters. The topological polar surface area (TPSA) is 85.6 Å². The number of carbonyl (C=O) groups excluding carboxylic acids is 1. The van der Waals surface area contributed by atoms with Gasteiger partial charge in [0.2, 0.25) is 11.0 Å². The molecule has 0 aliphatic heterocycles. The molecule has 1 saturated carbocycles. The first-order valence-electron chi connectivity index (χ1n) is 10.1. The van der Waals surface area contributed by atoms with Gasteiger partial charge in [0.05, 0.1) is 10.8 Å². The number of hydrogen-bond acceptors (Lipinski definition) is 7. The average molecular weight is 463 g/mol. The van der Waals surface area contributed by atoms with E-state index in [0.29, 0.717) is 33.6 Å². The third-order valence-corrected chi connectivity index (χ3v) is 7.42. The van der Waals surface area contributed by atoms with E-state index in [4.69, 9.17) is 11.6 Å². The Morgan fingerprint density at radius 1 is 1.20 bits per heavy atom. The van der Waals surface area contributed by atoms with Crippen LogP contribution in [0.3, 0.4) is 0 Å². The Hall–Kier alpha value is -1.97. The van der Waals surface area contributed by atoms with E-state index in [2.05, 4.69) is 25.7 Å². The minimum absolute atomic E-state index is 0.128. The molecule has 1 amide bonds. The fourth-order valence-electron chi connectivity index (χ4n) is 3.61. The van der Waals surface area contributed by atoms with E-state index in [9.17, 15) is 4.79 Å². The zero-order chi connectivity index (χ0) is 20.9. The fraction of sp³-hybridized carbons (Fsp3) is 0.450. The van der Waals surface area contributed by atoms with E-state index in [0.717, 1.165) is 10.6 Å². The van der Waals surface area contributed by atoms with Crippen molar-refractivity contribution in [1.29, 1.82) is 0 Å². The highest BCUT2D eigenvalue weighted by Gasteiger charge is 2.21. The minimum atomic E-state index is -0.128. The summed E-state index contributed by atoms with van der Waals surface area (Å²) in [6, 6.07) is 7.54. The molecule has 30 heavy (non-hydrogen) atoms. The number of halogens is 1. The summed E-state index contributed by atoms with van der Waals surface area (Å²) in [4.78, 5) is 12.4.